The molecule has 70 valence electrons. The largest absolute Gasteiger partial charge is 0.445 e. The van der Waals surface area contributed by atoms with Crippen LogP contribution in [0.2, 0.25) is 0 Å². The van der Waals surface area contributed by atoms with E-state index in [2.05, 4.69) is 10.5 Å². The van der Waals surface area contributed by atoms with E-state index in [-0.39, 0.29) is 13.0 Å². The van der Waals surface area contributed by atoms with Crippen LogP contribution >= 0.6 is 34.8 Å². The highest BCUT2D eigenvalue weighted by Gasteiger charge is 2.16. The van der Waals surface area contributed by atoms with Gasteiger partial charge >= 0.3 is 6.09 Å². The number of alkyl halides is 3. The van der Waals surface area contributed by atoms with E-state index in [0.717, 1.165) is 0 Å². The number of rotatable bonds is 3. The van der Waals surface area contributed by atoms with Gasteiger partial charge in [-0.05, 0) is 0 Å². The second-order valence-electron chi connectivity index (χ2n) is 1.92. The van der Waals surface area contributed by atoms with E-state index in [9.17, 15) is 4.79 Å². The number of hydrogen-bond acceptors (Lipinski definition) is 2. The van der Waals surface area contributed by atoms with Crippen molar-refractivity contribution in [3.63, 3.8) is 0 Å². The fourth-order valence-electron chi connectivity index (χ4n) is 0.415. The zero-order valence-electron chi connectivity index (χ0n) is 6.10. The van der Waals surface area contributed by atoms with Crippen molar-refractivity contribution in [3.8, 4) is 0 Å². The molecule has 0 saturated heterocycles. The number of amides is 1. The zero-order chi connectivity index (χ0) is 9.61. The van der Waals surface area contributed by atoms with Crippen LogP contribution in [0.1, 0.15) is 6.42 Å². The second kappa shape index (κ2) is 5.51. The Morgan fingerprint density at radius 3 is 2.42 bits per heavy atom. The van der Waals surface area contributed by atoms with Gasteiger partial charge in [0.05, 0.1) is 0 Å². The molecular weight excluding hydrogens is 224 g/mol. The minimum Gasteiger partial charge on any atom is -0.445 e. The molecule has 0 aliphatic rings. The molecule has 0 aromatic rings. The van der Waals surface area contributed by atoms with Crippen molar-refractivity contribution >= 4 is 40.9 Å². The molecule has 0 aliphatic carbocycles. The number of halogens is 3. The van der Waals surface area contributed by atoms with Crippen molar-refractivity contribution in [1.82, 2.24) is 0 Å². The summed E-state index contributed by atoms with van der Waals surface area (Å²) >= 11 is 16.3. The maximum Gasteiger partial charge on any atom is 0.404 e. The van der Waals surface area contributed by atoms with Crippen LogP contribution in [0.15, 0.2) is 12.2 Å². The Labute approximate surface area is 85.4 Å². The first-order valence-electron chi connectivity index (χ1n) is 3.06. The van der Waals surface area contributed by atoms with Gasteiger partial charge in [-0.1, -0.05) is 47.0 Å². The molecule has 0 radical (unpaired) electrons. The molecular formula is C6H8Cl3NO2. The van der Waals surface area contributed by atoms with Gasteiger partial charge in [0.2, 0.25) is 0 Å². The lowest BCUT2D eigenvalue weighted by Crippen LogP contribution is -2.12. The first kappa shape index (κ1) is 11.9. The molecule has 0 spiro atoms. The molecule has 0 rings (SSSR count). The number of primary amides is 1. The maximum absolute atomic E-state index is 10.0. The molecule has 0 bridgehead atoms. The molecule has 0 unspecified atom stereocenters. The normalized spacial score (nSPS) is 11.9. The van der Waals surface area contributed by atoms with E-state index in [1.165, 1.54) is 0 Å². The van der Waals surface area contributed by atoms with E-state index in [1.807, 2.05) is 0 Å². The minimum atomic E-state index is -1.30. The standard InChI is InChI=1S/C6H8Cl3NO2/c7-6(8,9)3-1-2-4-12-5(10)11/h1-2H,3-4H2,(H2,10,11)/b2-1-. The van der Waals surface area contributed by atoms with Crippen LogP contribution in [0.25, 0.3) is 0 Å². The van der Waals surface area contributed by atoms with Crippen molar-refractivity contribution in [2.75, 3.05) is 6.61 Å². The molecule has 1 amide bonds. The van der Waals surface area contributed by atoms with Crippen LogP contribution < -0.4 is 5.73 Å². The van der Waals surface area contributed by atoms with Crippen LogP contribution in [0.4, 0.5) is 4.79 Å². The Hall–Kier alpha value is -0.120. The van der Waals surface area contributed by atoms with Crippen molar-refractivity contribution in [2.45, 2.75) is 10.2 Å². The summed E-state index contributed by atoms with van der Waals surface area (Å²) in [6.07, 6.45) is 2.58. The third kappa shape index (κ3) is 9.88. The topological polar surface area (TPSA) is 52.3 Å². The van der Waals surface area contributed by atoms with Gasteiger partial charge in [0.1, 0.15) is 6.61 Å². The van der Waals surface area contributed by atoms with Crippen molar-refractivity contribution in [1.29, 1.82) is 0 Å². The van der Waals surface area contributed by atoms with Gasteiger partial charge < -0.3 is 10.5 Å². The molecule has 0 saturated carbocycles. The van der Waals surface area contributed by atoms with E-state index < -0.39 is 9.89 Å². The van der Waals surface area contributed by atoms with Gasteiger partial charge in [-0.15, -0.1) is 0 Å². The van der Waals surface area contributed by atoms with Gasteiger partial charge in [-0.25, -0.2) is 4.79 Å². The lowest BCUT2D eigenvalue weighted by Gasteiger charge is -2.05. The van der Waals surface area contributed by atoms with Crippen LogP contribution in [-0.4, -0.2) is 16.5 Å². The van der Waals surface area contributed by atoms with E-state index in [1.54, 1.807) is 12.2 Å². The van der Waals surface area contributed by atoms with Gasteiger partial charge in [-0.2, -0.15) is 0 Å². The minimum absolute atomic E-state index is 0.0933. The Bertz CT molecular complexity index is 176. The Balaban J connectivity index is 3.45. The first-order chi connectivity index (χ1) is 5.42. The number of carbonyl (C=O) groups excluding carboxylic acids is 1. The Kier molecular flexibility index (Phi) is 5.46. The van der Waals surface area contributed by atoms with E-state index >= 15 is 0 Å². The summed E-state index contributed by atoms with van der Waals surface area (Å²) in [5.41, 5.74) is 4.69. The van der Waals surface area contributed by atoms with Crippen molar-refractivity contribution < 1.29 is 9.53 Å². The van der Waals surface area contributed by atoms with Crippen LogP contribution in [-0.2, 0) is 4.74 Å². The van der Waals surface area contributed by atoms with Gasteiger partial charge in [0.25, 0.3) is 0 Å². The monoisotopic (exact) mass is 231 g/mol. The third-order valence-corrected chi connectivity index (χ3v) is 1.30. The number of ether oxygens (including phenoxy) is 1. The predicted molar refractivity (Wildman–Crippen MR) is 49.6 cm³/mol. The Morgan fingerprint density at radius 2 is 2.00 bits per heavy atom. The number of carbonyl (C=O) groups is 1. The van der Waals surface area contributed by atoms with Gasteiger partial charge in [-0.3, -0.25) is 0 Å². The average molecular weight is 232 g/mol. The predicted octanol–water partition coefficient (Wildman–Crippen LogP) is 2.40. The SMILES string of the molecule is NC(=O)OC/C=C\CC(Cl)(Cl)Cl. The lowest BCUT2D eigenvalue weighted by molar-refractivity contribution is 0.169. The molecule has 3 nitrogen and oxygen atoms in total. The summed E-state index contributed by atoms with van der Waals surface area (Å²) < 4.78 is 3.08. The summed E-state index contributed by atoms with van der Waals surface area (Å²) in [6.45, 7) is 0.0933. The summed E-state index contributed by atoms with van der Waals surface area (Å²) in [6, 6.07) is 0. The van der Waals surface area contributed by atoms with Crippen molar-refractivity contribution in [2.24, 2.45) is 5.73 Å². The lowest BCUT2D eigenvalue weighted by atomic mass is 10.4. The van der Waals surface area contributed by atoms with Gasteiger partial charge in [0, 0.05) is 6.42 Å². The molecule has 0 heterocycles. The molecule has 2 N–H and O–H groups in total. The van der Waals surface area contributed by atoms with Crippen molar-refractivity contribution in [3.05, 3.63) is 12.2 Å². The van der Waals surface area contributed by atoms with E-state index in [0.29, 0.717) is 0 Å². The molecule has 12 heavy (non-hydrogen) atoms. The molecule has 0 aliphatic heterocycles. The second-order valence-corrected chi connectivity index (χ2v) is 4.44. The quantitative estimate of drug-likeness (QED) is 0.600. The maximum atomic E-state index is 10.0. The highest BCUT2D eigenvalue weighted by Crippen LogP contribution is 2.30. The van der Waals surface area contributed by atoms with E-state index in [4.69, 9.17) is 34.8 Å². The molecule has 0 aromatic carbocycles. The third-order valence-electron chi connectivity index (χ3n) is 0.838. The fourth-order valence-corrected chi connectivity index (χ4v) is 0.683. The highest BCUT2D eigenvalue weighted by atomic mass is 35.6. The summed E-state index contributed by atoms with van der Waals surface area (Å²) in [4.78, 5) is 10.0. The highest BCUT2D eigenvalue weighted by molar-refractivity contribution is 6.67. The number of hydrogen-bond donors (Lipinski definition) is 1. The summed E-state index contributed by atoms with van der Waals surface area (Å²) in [5.74, 6) is 0. The molecule has 0 fully saturated rings. The average Bonchev–Trinajstić information content (AvgIpc) is 1.83. The molecule has 0 aromatic heterocycles. The van der Waals surface area contributed by atoms with Crippen LogP contribution in [0, 0.1) is 0 Å². The smallest absolute Gasteiger partial charge is 0.404 e. The van der Waals surface area contributed by atoms with Crippen LogP contribution in [0.5, 0.6) is 0 Å². The fraction of sp³-hybridized carbons (Fsp3) is 0.500. The number of allylic oxidation sites excluding steroid dienone is 1. The number of nitrogens with two attached hydrogens (primary N) is 1. The van der Waals surface area contributed by atoms with Gasteiger partial charge in [0.15, 0.2) is 3.79 Å². The Morgan fingerprint density at radius 1 is 1.42 bits per heavy atom. The summed E-state index contributed by atoms with van der Waals surface area (Å²) in [7, 11) is 0. The first-order valence-corrected chi connectivity index (χ1v) is 4.19. The van der Waals surface area contributed by atoms with Crippen LogP contribution in [0.3, 0.4) is 0 Å². The zero-order valence-corrected chi connectivity index (χ0v) is 8.36. The summed E-state index contributed by atoms with van der Waals surface area (Å²) in [5, 5.41) is 0. The molecule has 0 atom stereocenters. The molecule has 6 heteroatoms.